The first kappa shape index (κ1) is 12.4. The van der Waals surface area contributed by atoms with Crippen molar-refractivity contribution in [3.63, 3.8) is 0 Å². The quantitative estimate of drug-likeness (QED) is 0.561. The van der Waals surface area contributed by atoms with Crippen molar-refractivity contribution in [2.24, 2.45) is 0 Å². The number of imidazole rings is 1. The van der Waals surface area contributed by atoms with Gasteiger partial charge in [0.2, 0.25) is 0 Å². The number of hydrogen-bond donors (Lipinski definition) is 0. The second kappa shape index (κ2) is 4.60. The third kappa shape index (κ3) is 2.08. The van der Waals surface area contributed by atoms with Crippen LogP contribution in [0.5, 0.6) is 0 Å². The predicted molar refractivity (Wildman–Crippen MR) is 78.4 cm³/mol. The molecular weight excluding hydrogens is 292 g/mol. The molecule has 2 heterocycles. The zero-order valence-electron chi connectivity index (χ0n) is 10.8. The summed E-state index contributed by atoms with van der Waals surface area (Å²) in [5, 5.41) is 0.903. The molecule has 0 bridgehead atoms. The highest BCUT2D eigenvalue weighted by Gasteiger charge is 2.11. The molecule has 21 heavy (non-hydrogen) atoms. The highest BCUT2D eigenvalue weighted by Crippen LogP contribution is 2.24. The maximum atomic E-state index is 13.4. The van der Waals surface area contributed by atoms with Crippen molar-refractivity contribution in [1.82, 2.24) is 14.5 Å². The van der Waals surface area contributed by atoms with E-state index in [9.17, 15) is 8.78 Å². The number of fused-ring (bicyclic) bond motifs is 2. The first-order chi connectivity index (χ1) is 10.2. The van der Waals surface area contributed by atoms with E-state index in [2.05, 4.69) is 9.97 Å². The van der Waals surface area contributed by atoms with Crippen molar-refractivity contribution >= 4 is 32.6 Å². The third-order valence-corrected chi connectivity index (χ3v) is 4.33. The maximum Gasteiger partial charge on any atom is 0.161 e. The Bertz CT molecular complexity index is 925. The van der Waals surface area contributed by atoms with E-state index in [1.165, 1.54) is 6.07 Å². The topological polar surface area (TPSA) is 30.7 Å². The molecule has 2 aromatic carbocycles. The van der Waals surface area contributed by atoms with Crippen LogP contribution in [0, 0.1) is 11.6 Å². The highest BCUT2D eigenvalue weighted by molar-refractivity contribution is 7.18. The summed E-state index contributed by atoms with van der Waals surface area (Å²) in [5.74, 6) is -1.75. The minimum atomic E-state index is -0.882. The zero-order valence-corrected chi connectivity index (χ0v) is 11.6. The van der Waals surface area contributed by atoms with Crippen molar-refractivity contribution in [2.45, 2.75) is 6.54 Å². The highest BCUT2D eigenvalue weighted by atomic mass is 32.1. The summed E-state index contributed by atoms with van der Waals surface area (Å²) in [5.41, 5.74) is 1.95. The average Bonchev–Trinajstić information content (AvgIpc) is 3.04. The Morgan fingerprint density at radius 1 is 1.05 bits per heavy atom. The standard InChI is InChI=1S/C15H9F2N3S/c16-9-5-12-13(6-10(9)17)20(8-18-12)7-15-19-11-3-1-2-4-14(11)21-15/h1-6,8H,7H2. The molecule has 0 N–H and O–H groups in total. The van der Waals surface area contributed by atoms with Gasteiger partial charge in [-0.2, -0.15) is 0 Å². The van der Waals surface area contributed by atoms with E-state index in [4.69, 9.17) is 0 Å². The van der Waals surface area contributed by atoms with Crippen LogP contribution in [0.2, 0.25) is 0 Å². The number of para-hydroxylation sites is 1. The van der Waals surface area contributed by atoms with Crippen LogP contribution in [-0.2, 0) is 6.54 Å². The number of hydrogen-bond acceptors (Lipinski definition) is 3. The third-order valence-electron chi connectivity index (χ3n) is 3.31. The van der Waals surface area contributed by atoms with Crippen LogP contribution in [-0.4, -0.2) is 14.5 Å². The lowest BCUT2D eigenvalue weighted by Gasteiger charge is -2.01. The van der Waals surface area contributed by atoms with Crippen LogP contribution in [0.3, 0.4) is 0 Å². The fraction of sp³-hybridized carbons (Fsp3) is 0.0667. The summed E-state index contributed by atoms with van der Waals surface area (Å²) in [4.78, 5) is 8.64. The molecule has 4 rings (SSSR count). The van der Waals surface area contributed by atoms with E-state index < -0.39 is 11.6 Å². The Hall–Kier alpha value is -2.34. The Kier molecular flexibility index (Phi) is 2.71. The van der Waals surface area contributed by atoms with Crippen LogP contribution < -0.4 is 0 Å². The lowest BCUT2D eigenvalue weighted by Crippen LogP contribution is -1.97. The Morgan fingerprint density at radius 2 is 1.86 bits per heavy atom. The lowest BCUT2D eigenvalue weighted by molar-refractivity contribution is 0.510. The Balaban J connectivity index is 1.78. The van der Waals surface area contributed by atoms with Crippen molar-refractivity contribution in [3.05, 3.63) is 59.4 Å². The number of thiazole rings is 1. The second-order valence-corrected chi connectivity index (χ2v) is 5.82. The largest absolute Gasteiger partial charge is 0.324 e. The second-order valence-electron chi connectivity index (χ2n) is 4.70. The van der Waals surface area contributed by atoms with Gasteiger partial charge in [-0.25, -0.2) is 18.7 Å². The molecule has 6 heteroatoms. The van der Waals surface area contributed by atoms with Crippen molar-refractivity contribution in [1.29, 1.82) is 0 Å². The predicted octanol–water partition coefficient (Wildman–Crippen LogP) is 3.97. The van der Waals surface area contributed by atoms with Crippen molar-refractivity contribution in [2.75, 3.05) is 0 Å². The van der Waals surface area contributed by atoms with Gasteiger partial charge in [0.25, 0.3) is 0 Å². The van der Waals surface area contributed by atoms with Gasteiger partial charge in [0.05, 0.1) is 34.1 Å². The van der Waals surface area contributed by atoms with Crippen LogP contribution in [0.4, 0.5) is 8.78 Å². The van der Waals surface area contributed by atoms with E-state index in [1.54, 1.807) is 22.2 Å². The average molecular weight is 301 g/mol. The molecule has 0 spiro atoms. The first-order valence-corrected chi connectivity index (χ1v) is 7.17. The van der Waals surface area contributed by atoms with Gasteiger partial charge in [-0.05, 0) is 12.1 Å². The SMILES string of the molecule is Fc1cc2ncn(Cc3nc4ccccc4s3)c2cc1F. The number of rotatable bonds is 2. The van der Waals surface area contributed by atoms with Crippen LogP contribution in [0.15, 0.2) is 42.7 Å². The molecule has 0 saturated carbocycles. The summed E-state index contributed by atoms with van der Waals surface area (Å²) >= 11 is 1.58. The van der Waals surface area contributed by atoms with E-state index in [0.717, 1.165) is 21.3 Å². The van der Waals surface area contributed by atoms with Gasteiger partial charge in [0, 0.05) is 12.1 Å². The molecule has 0 aliphatic heterocycles. The van der Waals surface area contributed by atoms with Gasteiger partial charge in [0.1, 0.15) is 5.01 Å². The van der Waals surface area contributed by atoms with E-state index >= 15 is 0 Å². The molecule has 104 valence electrons. The van der Waals surface area contributed by atoms with Crippen LogP contribution in [0.1, 0.15) is 5.01 Å². The Labute approximate surface area is 122 Å². The minimum absolute atomic E-state index is 0.440. The van der Waals surface area contributed by atoms with Crippen LogP contribution >= 0.6 is 11.3 Å². The van der Waals surface area contributed by atoms with Gasteiger partial charge < -0.3 is 4.57 Å². The summed E-state index contributed by atoms with van der Waals surface area (Å²) in [6.07, 6.45) is 1.58. The van der Waals surface area contributed by atoms with E-state index in [-0.39, 0.29) is 0 Å². The molecule has 0 aliphatic rings. The van der Waals surface area contributed by atoms with E-state index in [0.29, 0.717) is 17.6 Å². The van der Waals surface area contributed by atoms with Crippen molar-refractivity contribution in [3.8, 4) is 0 Å². The van der Waals surface area contributed by atoms with Gasteiger partial charge in [-0.1, -0.05) is 12.1 Å². The maximum absolute atomic E-state index is 13.4. The normalized spacial score (nSPS) is 11.5. The lowest BCUT2D eigenvalue weighted by atomic mass is 10.3. The number of halogens is 2. The molecule has 0 fully saturated rings. The molecule has 0 radical (unpaired) electrons. The molecule has 4 aromatic rings. The molecule has 0 atom stereocenters. The monoisotopic (exact) mass is 301 g/mol. The van der Waals surface area contributed by atoms with Crippen molar-refractivity contribution < 1.29 is 8.78 Å². The summed E-state index contributed by atoms with van der Waals surface area (Å²) < 4.78 is 29.5. The molecule has 0 saturated heterocycles. The minimum Gasteiger partial charge on any atom is -0.324 e. The summed E-state index contributed by atoms with van der Waals surface area (Å²) in [6.45, 7) is 0.487. The first-order valence-electron chi connectivity index (χ1n) is 6.35. The molecule has 3 nitrogen and oxygen atoms in total. The molecule has 0 unspecified atom stereocenters. The Morgan fingerprint density at radius 3 is 2.71 bits per heavy atom. The fourth-order valence-corrected chi connectivity index (χ4v) is 3.28. The smallest absolute Gasteiger partial charge is 0.161 e. The van der Waals surface area contributed by atoms with Gasteiger partial charge in [-0.3, -0.25) is 0 Å². The molecule has 0 amide bonds. The van der Waals surface area contributed by atoms with E-state index in [1.807, 2.05) is 24.3 Å². The number of benzene rings is 2. The van der Waals surface area contributed by atoms with Gasteiger partial charge in [0.15, 0.2) is 11.6 Å². The van der Waals surface area contributed by atoms with Gasteiger partial charge in [-0.15, -0.1) is 11.3 Å². The number of nitrogens with zero attached hydrogens (tertiary/aromatic N) is 3. The number of aromatic nitrogens is 3. The molecular formula is C15H9F2N3S. The summed E-state index contributed by atoms with van der Waals surface area (Å²) in [7, 11) is 0. The molecule has 2 aromatic heterocycles. The molecule has 0 aliphatic carbocycles. The fourth-order valence-electron chi connectivity index (χ4n) is 2.31. The zero-order chi connectivity index (χ0) is 14.4. The van der Waals surface area contributed by atoms with Gasteiger partial charge >= 0.3 is 0 Å². The van der Waals surface area contributed by atoms with Crippen LogP contribution in [0.25, 0.3) is 21.3 Å². The summed E-state index contributed by atoms with van der Waals surface area (Å²) in [6, 6.07) is 10.2.